The molecule has 0 aromatic heterocycles. The molecule has 84 valence electrons. The van der Waals surface area contributed by atoms with E-state index in [4.69, 9.17) is 0 Å². The predicted molar refractivity (Wildman–Crippen MR) is 52.7 cm³/mol. The van der Waals surface area contributed by atoms with Gasteiger partial charge in [-0.25, -0.2) is 0 Å². The molecule has 0 aromatic rings. The second-order valence-electron chi connectivity index (χ2n) is 5.75. The molecule has 2 aliphatic carbocycles. The average Bonchev–Trinajstić information content (AvgIpc) is 2.40. The van der Waals surface area contributed by atoms with Gasteiger partial charge in [0.1, 0.15) is 5.78 Å². The molecule has 2 saturated carbocycles. The number of aliphatic carboxylic acids is 1. The number of carboxylic acid groups (broad SMARTS) is 1. The van der Waals surface area contributed by atoms with E-state index in [1.54, 1.807) is 0 Å². The minimum atomic E-state index is -1.10. The second-order valence-corrected chi connectivity index (χ2v) is 5.75. The molecule has 3 atom stereocenters. The van der Waals surface area contributed by atoms with Crippen molar-refractivity contribution in [2.24, 2.45) is 22.7 Å². The Morgan fingerprint density at radius 2 is 2.07 bits per heavy atom. The molecular formula is C12H17O3-. The lowest BCUT2D eigenvalue weighted by atomic mass is 9.70. The van der Waals surface area contributed by atoms with Gasteiger partial charge in [-0.2, -0.15) is 0 Å². The van der Waals surface area contributed by atoms with Gasteiger partial charge in [0, 0.05) is 17.3 Å². The lowest BCUT2D eigenvalue weighted by molar-refractivity contribution is -0.306. The summed E-state index contributed by atoms with van der Waals surface area (Å²) in [7, 11) is 0. The smallest absolute Gasteiger partial charge is 0.143 e. The predicted octanol–water partition coefficient (Wildman–Crippen LogP) is 0.768. The lowest BCUT2D eigenvalue weighted by Gasteiger charge is -2.32. The fraction of sp³-hybridized carbons (Fsp3) is 0.833. The van der Waals surface area contributed by atoms with E-state index in [9.17, 15) is 14.7 Å². The van der Waals surface area contributed by atoms with Gasteiger partial charge in [-0.15, -0.1) is 0 Å². The zero-order valence-corrected chi connectivity index (χ0v) is 9.50. The van der Waals surface area contributed by atoms with Crippen LogP contribution >= 0.6 is 0 Å². The highest BCUT2D eigenvalue weighted by Gasteiger charge is 2.65. The number of hydrogen-bond acceptors (Lipinski definition) is 3. The second kappa shape index (κ2) is 2.83. The van der Waals surface area contributed by atoms with Crippen LogP contribution in [0.1, 0.15) is 40.0 Å². The summed E-state index contributed by atoms with van der Waals surface area (Å²) in [4.78, 5) is 22.8. The minimum absolute atomic E-state index is 0.0514. The van der Waals surface area contributed by atoms with Gasteiger partial charge >= 0.3 is 0 Å². The van der Waals surface area contributed by atoms with Gasteiger partial charge in [-0.3, -0.25) is 4.79 Å². The van der Waals surface area contributed by atoms with Crippen molar-refractivity contribution in [2.45, 2.75) is 40.0 Å². The summed E-state index contributed by atoms with van der Waals surface area (Å²) in [6.45, 7) is 6.18. The minimum Gasteiger partial charge on any atom is -0.550 e. The Balaban J connectivity index is 2.34. The maximum atomic E-state index is 12.1. The van der Waals surface area contributed by atoms with Gasteiger partial charge in [0.25, 0.3) is 0 Å². The van der Waals surface area contributed by atoms with Crippen LogP contribution < -0.4 is 5.11 Å². The van der Waals surface area contributed by atoms with Crippen LogP contribution in [0.4, 0.5) is 0 Å². The molecule has 0 heterocycles. The summed E-state index contributed by atoms with van der Waals surface area (Å²) in [6, 6.07) is 0. The van der Waals surface area contributed by atoms with E-state index in [1.165, 1.54) is 0 Å². The third-order valence-electron chi connectivity index (χ3n) is 5.06. The van der Waals surface area contributed by atoms with E-state index >= 15 is 0 Å². The zero-order chi connectivity index (χ0) is 11.4. The molecule has 0 spiro atoms. The quantitative estimate of drug-likeness (QED) is 0.675. The van der Waals surface area contributed by atoms with Crippen LogP contribution in [0.5, 0.6) is 0 Å². The first-order valence-electron chi connectivity index (χ1n) is 5.55. The third kappa shape index (κ3) is 1.12. The van der Waals surface area contributed by atoms with E-state index in [0.717, 1.165) is 12.8 Å². The topological polar surface area (TPSA) is 57.2 Å². The number of carboxylic acids is 1. The molecule has 2 rings (SSSR count). The molecule has 0 aromatic carbocycles. The van der Waals surface area contributed by atoms with Gasteiger partial charge in [-0.1, -0.05) is 20.8 Å². The number of fused-ring (bicyclic) bond motifs is 2. The van der Waals surface area contributed by atoms with Crippen LogP contribution in [0.25, 0.3) is 0 Å². The molecule has 2 aliphatic rings. The monoisotopic (exact) mass is 209 g/mol. The molecule has 3 heteroatoms. The largest absolute Gasteiger partial charge is 0.550 e. The molecule has 0 radical (unpaired) electrons. The maximum absolute atomic E-state index is 12.1. The van der Waals surface area contributed by atoms with E-state index in [-0.39, 0.29) is 34.9 Å². The molecular weight excluding hydrogens is 192 g/mol. The zero-order valence-electron chi connectivity index (χ0n) is 9.50. The van der Waals surface area contributed by atoms with Crippen LogP contribution in [-0.2, 0) is 9.59 Å². The van der Waals surface area contributed by atoms with Gasteiger partial charge in [-0.05, 0) is 30.6 Å². The van der Waals surface area contributed by atoms with Gasteiger partial charge in [0.2, 0.25) is 0 Å². The Labute approximate surface area is 89.9 Å². The number of Topliss-reactive ketones (excluding diaryl/α,β-unsaturated/α-hetero) is 1. The first-order chi connectivity index (χ1) is 6.80. The summed E-state index contributed by atoms with van der Waals surface area (Å²) in [5.41, 5.74) is -0.359. The fourth-order valence-electron chi connectivity index (χ4n) is 3.69. The average molecular weight is 209 g/mol. The van der Waals surface area contributed by atoms with Crippen LogP contribution in [0.3, 0.4) is 0 Å². The molecule has 0 unspecified atom stereocenters. The number of ketones is 1. The first-order valence-corrected chi connectivity index (χ1v) is 5.55. The van der Waals surface area contributed by atoms with Crippen LogP contribution in [0.15, 0.2) is 0 Å². The summed E-state index contributed by atoms with van der Waals surface area (Å²) in [5, 5.41) is 10.6. The van der Waals surface area contributed by atoms with Crippen molar-refractivity contribution in [1.29, 1.82) is 0 Å². The van der Waals surface area contributed by atoms with Crippen molar-refractivity contribution in [1.82, 2.24) is 0 Å². The van der Waals surface area contributed by atoms with Gasteiger partial charge in [0.15, 0.2) is 0 Å². The summed E-state index contributed by atoms with van der Waals surface area (Å²) < 4.78 is 0. The summed E-state index contributed by atoms with van der Waals surface area (Å²) in [5.74, 6) is -1.02. The SMILES string of the molecule is CC1(C)[C@@H]2CC[C@@]1(C)C(=O)[C@@H]2CC(=O)[O-]. The van der Waals surface area contributed by atoms with E-state index in [2.05, 4.69) is 13.8 Å². The third-order valence-corrected chi connectivity index (χ3v) is 5.06. The summed E-state index contributed by atoms with van der Waals surface area (Å²) >= 11 is 0. The molecule has 15 heavy (non-hydrogen) atoms. The standard InChI is InChI=1S/C12H18O3/c1-11(2)8-4-5-12(11,3)10(15)7(8)6-9(13)14/h7-8H,4-6H2,1-3H3,(H,13,14)/p-1/t7-,8-,12+/m1/s1. The molecule has 0 N–H and O–H groups in total. The van der Waals surface area contributed by atoms with Gasteiger partial charge < -0.3 is 9.90 Å². The lowest BCUT2D eigenvalue weighted by Crippen LogP contribution is -2.35. The Bertz CT molecular complexity index is 332. The number of carbonyl (C=O) groups excluding carboxylic acids is 2. The highest BCUT2D eigenvalue weighted by molar-refractivity contribution is 5.93. The Morgan fingerprint density at radius 3 is 2.47 bits per heavy atom. The number of rotatable bonds is 2. The highest BCUT2D eigenvalue weighted by atomic mass is 16.4. The van der Waals surface area contributed by atoms with E-state index in [0.29, 0.717) is 0 Å². The molecule has 3 nitrogen and oxygen atoms in total. The normalized spacial score (nSPS) is 42.2. The van der Waals surface area contributed by atoms with Crippen LogP contribution in [-0.4, -0.2) is 11.8 Å². The Hall–Kier alpha value is -0.860. The fourth-order valence-corrected chi connectivity index (χ4v) is 3.69. The highest BCUT2D eigenvalue weighted by Crippen LogP contribution is 2.66. The molecule has 0 amide bonds. The van der Waals surface area contributed by atoms with Crippen molar-refractivity contribution in [2.75, 3.05) is 0 Å². The maximum Gasteiger partial charge on any atom is 0.143 e. The van der Waals surface area contributed by atoms with E-state index in [1.807, 2.05) is 6.92 Å². The van der Waals surface area contributed by atoms with Crippen molar-refractivity contribution in [3.8, 4) is 0 Å². The number of carbonyl (C=O) groups is 2. The van der Waals surface area contributed by atoms with Crippen molar-refractivity contribution < 1.29 is 14.7 Å². The van der Waals surface area contributed by atoms with Gasteiger partial charge in [0.05, 0.1) is 0 Å². The van der Waals surface area contributed by atoms with Crippen molar-refractivity contribution in [3.63, 3.8) is 0 Å². The van der Waals surface area contributed by atoms with Crippen molar-refractivity contribution >= 4 is 11.8 Å². The number of hydrogen-bond donors (Lipinski definition) is 0. The molecule has 0 saturated heterocycles. The van der Waals surface area contributed by atoms with Crippen molar-refractivity contribution in [3.05, 3.63) is 0 Å². The van der Waals surface area contributed by atoms with E-state index < -0.39 is 5.97 Å². The molecule has 2 fully saturated rings. The summed E-state index contributed by atoms with van der Waals surface area (Å²) in [6.07, 6.45) is 1.79. The Kier molecular flexibility index (Phi) is 2.01. The Morgan fingerprint density at radius 1 is 1.47 bits per heavy atom. The molecule has 0 aliphatic heterocycles. The van der Waals surface area contributed by atoms with Crippen LogP contribution in [0, 0.1) is 22.7 Å². The molecule has 2 bridgehead atoms. The first kappa shape index (κ1) is 10.7. The van der Waals surface area contributed by atoms with Crippen LogP contribution in [0.2, 0.25) is 0 Å².